The molecule has 3 aromatic rings. The van der Waals surface area contributed by atoms with Gasteiger partial charge in [0.15, 0.2) is 11.5 Å². The molecule has 1 heterocycles. The van der Waals surface area contributed by atoms with Gasteiger partial charge in [0.25, 0.3) is 5.91 Å². The van der Waals surface area contributed by atoms with Gasteiger partial charge in [0, 0.05) is 25.2 Å². The molecule has 0 spiro atoms. The van der Waals surface area contributed by atoms with Crippen LogP contribution in [-0.2, 0) is 13.0 Å². The molecule has 0 unspecified atom stereocenters. The zero-order chi connectivity index (χ0) is 22.5. The fourth-order valence-electron chi connectivity index (χ4n) is 4.44. The molecule has 1 atom stereocenters. The molecule has 0 aromatic heterocycles. The standard InChI is InChI=1S/C27H30N2O3/c1-19-9-7-8-12-22(19)27(30)28-17-24-23-16-26(32-3)25(31-2)15-21(23)13-14-29(24)18-20-10-5-4-6-11-20/h4-12,15-16,24H,13-14,17-18H2,1-3H3,(H,28,30)/t24-/m1/s1. The Bertz CT molecular complexity index is 1080. The number of nitrogens with one attached hydrogen (secondary N) is 1. The molecule has 0 aliphatic carbocycles. The first kappa shape index (κ1) is 21.9. The van der Waals surface area contributed by atoms with Crippen LogP contribution < -0.4 is 14.8 Å². The average Bonchev–Trinajstić information content (AvgIpc) is 2.83. The van der Waals surface area contributed by atoms with Gasteiger partial charge in [-0.05, 0) is 53.8 Å². The normalized spacial score (nSPS) is 15.7. The summed E-state index contributed by atoms with van der Waals surface area (Å²) in [5, 5.41) is 3.18. The van der Waals surface area contributed by atoms with E-state index < -0.39 is 0 Å². The van der Waals surface area contributed by atoms with Crippen LogP contribution in [0.15, 0.2) is 66.7 Å². The van der Waals surface area contributed by atoms with Crippen molar-refractivity contribution in [2.75, 3.05) is 27.3 Å². The van der Waals surface area contributed by atoms with E-state index in [2.05, 4.69) is 46.6 Å². The van der Waals surface area contributed by atoms with E-state index in [1.54, 1.807) is 14.2 Å². The number of benzene rings is 3. The van der Waals surface area contributed by atoms with Crippen molar-refractivity contribution in [3.8, 4) is 11.5 Å². The molecule has 166 valence electrons. The Balaban J connectivity index is 1.63. The monoisotopic (exact) mass is 430 g/mol. The second kappa shape index (κ2) is 9.88. The van der Waals surface area contributed by atoms with Gasteiger partial charge in [0.05, 0.1) is 20.3 Å². The van der Waals surface area contributed by atoms with Crippen molar-refractivity contribution < 1.29 is 14.3 Å². The van der Waals surface area contributed by atoms with E-state index in [4.69, 9.17) is 9.47 Å². The summed E-state index contributed by atoms with van der Waals surface area (Å²) < 4.78 is 11.1. The van der Waals surface area contributed by atoms with Crippen molar-refractivity contribution >= 4 is 5.91 Å². The van der Waals surface area contributed by atoms with Crippen LogP contribution in [0, 0.1) is 6.92 Å². The van der Waals surface area contributed by atoms with E-state index in [9.17, 15) is 4.79 Å². The zero-order valence-electron chi connectivity index (χ0n) is 18.9. The Morgan fingerprint density at radius 2 is 1.69 bits per heavy atom. The third kappa shape index (κ3) is 4.63. The molecule has 5 nitrogen and oxygen atoms in total. The highest BCUT2D eigenvalue weighted by Gasteiger charge is 2.29. The number of ether oxygens (including phenoxy) is 2. The maximum absolute atomic E-state index is 12.9. The minimum absolute atomic E-state index is 0.0340. The second-order valence-corrected chi connectivity index (χ2v) is 8.15. The van der Waals surface area contributed by atoms with Gasteiger partial charge in [0.1, 0.15) is 0 Å². The molecular formula is C27H30N2O3. The van der Waals surface area contributed by atoms with Gasteiger partial charge in [-0.2, -0.15) is 0 Å². The molecule has 3 aromatic carbocycles. The van der Waals surface area contributed by atoms with Crippen molar-refractivity contribution in [2.24, 2.45) is 0 Å². The molecule has 0 bridgehead atoms. The highest BCUT2D eigenvalue weighted by Crippen LogP contribution is 2.38. The lowest BCUT2D eigenvalue weighted by Gasteiger charge is -2.38. The summed E-state index contributed by atoms with van der Waals surface area (Å²) in [4.78, 5) is 15.4. The lowest BCUT2D eigenvalue weighted by molar-refractivity contribution is 0.0925. The molecule has 1 amide bonds. The number of methoxy groups -OCH3 is 2. The second-order valence-electron chi connectivity index (χ2n) is 8.15. The van der Waals surface area contributed by atoms with Gasteiger partial charge in [-0.25, -0.2) is 0 Å². The minimum Gasteiger partial charge on any atom is -0.493 e. The third-order valence-electron chi connectivity index (χ3n) is 6.19. The first-order chi connectivity index (χ1) is 15.6. The summed E-state index contributed by atoms with van der Waals surface area (Å²) in [6.07, 6.45) is 0.921. The van der Waals surface area contributed by atoms with Crippen molar-refractivity contribution in [3.05, 3.63) is 94.5 Å². The van der Waals surface area contributed by atoms with E-state index in [0.29, 0.717) is 17.9 Å². The number of carbonyl (C=O) groups is 1. The van der Waals surface area contributed by atoms with Gasteiger partial charge in [0.2, 0.25) is 0 Å². The quantitative estimate of drug-likeness (QED) is 0.598. The summed E-state index contributed by atoms with van der Waals surface area (Å²) >= 11 is 0. The zero-order valence-corrected chi connectivity index (χ0v) is 18.9. The maximum atomic E-state index is 12.9. The molecule has 5 heteroatoms. The predicted molar refractivity (Wildman–Crippen MR) is 126 cm³/mol. The molecule has 0 radical (unpaired) electrons. The summed E-state index contributed by atoms with van der Waals surface area (Å²) in [6, 6.07) is 22.3. The highest BCUT2D eigenvalue weighted by molar-refractivity contribution is 5.95. The van der Waals surface area contributed by atoms with Crippen LogP contribution in [0.1, 0.15) is 38.7 Å². The van der Waals surface area contributed by atoms with Crippen molar-refractivity contribution in [2.45, 2.75) is 25.9 Å². The molecule has 0 saturated carbocycles. The van der Waals surface area contributed by atoms with Crippen LogP contribution in [0.4, 0.5) is 0 Å². The molecule has 1 aliphatic rings. The molecule has 0 fully saturated rings. The highest BCUT2D eigenvalue weighted by atomic mass is 16.5. The van der Waals surface area contributed by atoms with Crippen LogP contribution in [0.3, 0.4) is 0 Å². The predicted octanol–water partition coefficient (Wildman–Crippen LogP) is 4.54. The lowest BCUT2D eigenvalue weighted by Crippen LogP contribution is -2.42. The van der Waals surface area contributed by atoms with Crippen LogP contribution in [-0.4, -0.2) is 38.1 Å². The van der Waals surface area contributed by atoms with Crippen molar-refractivity contribution in [1.82, 2.24) is 10.2 Å². The molecule has 1 N–H and O–H groups in total. The number of nitrogens with zero attached hydrogens (tertiary/aromatic N) is 1. The topological polar surface area (TPSA) is 50.8 Å². The molecule has 32 heavy (non-hydrogen) atoms. The summed E-state index contributed by atoms with van der Waals surface area (Å²) in [5.74, 6) is 1.41. The van der Waals surface area contributed by atoms with Gasteiger partial charge < -0.3 is 14.8 Å². The van der Waals surface area contributed by atoms with Gasteiger partial charge >= 0.3 is 0 Å². The Hall–Kier alpha value is -3.31. The van der Waals surface area contributed by atoms with E-state index in [1.807, 2.05) is 37.3 Å². The Labute approximate surface area is 190 Å². The Morgan fingerprint density at radius 3 is 2.41 bits per heavy atom. The number of hydrogen-bond donors (Lipinski definition) is 1. The summed E-state index contributed by atoms with van der Waals surface area (Å²) in [5.41, 5.74) is 5.36. The van der Waals surface area contributed by atoms with Crippen molar-refractivity contribution in [3.63, 3.8) is 0 Å². The van der Waals surface area contributed by atoms with E-state index in [0.717, 1.165) is 30.8 Å². The number of hydrogen-bond acceptors (Lipinski definition) is 4. The average molecular weight is 431 g/mol. The van der Waals surface area contributed by atoms with Crippen molar-refractivity contribution in [1.29, 1.82) is 0 Å². The fraction of sp³-hybridized carbons (Fsp3) is 0.296. The fourth-order valence-corrected chi connectivity index (χ4v) is 4.44. The Morgan fingerprint density at radius 1 is 1.00 bits per heavy atom. The van der Waals surface area contributed by atoms with Crippen LogP contribution in [0.5, 0.6) is 11.5 Å². The number of aryl methyl sites for hydroxylation is 1. The largest absolute Gasteiger partial charge is 0.493 e. The number of carbonyl (C=O) groups excluding carboxylic acids is 1. The number of amides is 1. The van der Waals surface area contributed by atoms with E-state index in [1.165, 1.54) is 16.7 Å². The van der Waals surface area contributed by atoms with Gasteiger partial charge in [-0.3, -0.25) is 9.69 Å². The summed E-state index contributed by atoms with van der Waals surface area (Å²) in [7, 11) is 3.32. The maximum Gasteiger partial charge on any atom is 0.251 e. The SMILES string of the molecule is COc1cc2c(cc1OC)[C@@H](CNC(=O)c1ccccc1C)N(Cc1ccccc1)CC2. The molecule has 0 saturated heterocycles. The molecule has 1 aliphatic heterocycles. The molecule has 4 rings (SSSR count). The van der Waals surface area contributed by atoms with Crippen LogP contribution in [0.25, 0.3) is 0 Å². The third-order valence-corrected chi connectivity index (χ3v) is 6.19. The number of fused-ring (bicyclic) bond motifs is 1. The molecular weight excluding hydrogens is 400 g/mol. The first-order valence-corrected chi connectivity index (χ1v) is 11.0. The smallest absolute Gasteiger partial charge is 0.251 e. The first-order valence-electron chi connectivity index (χ1n) is 11.0. The van der Waals surface area contributed by atoms with E-state index in [-0.39, 0.29) is 11.9 Å². The Kier molecular flexibility index (Phi) is 6.76. The van der Waals surface area contributed by atoms with E-state index >= 15 is 0 Å². The summed E-state index contributed by atoms with van der Waals surface area (Å²) in [6.45, 7) is 4.20. The van der Waals surface area contributed by atoms with Gasteiger partial charge in [-0.15, -0.1) is 0 Å². The minimum atomic E-state index is -0.0460. The number of rotatable bonds is 7. The van der Waals surface area contributed by atoms with Gasteiger partial charge in [-0.1, -0.05) is 48.5 Å². The van der Waals surface area contributed by atoms with Crippen LogP contribution >= 0.6 is 0 Å². The van der Waals surface area contributed by atoms with Crippen LogP contribution in [0.2, 0.25) is 0 Å². The lowest BCUT2D eigenvalue weighted by atomic mass is 9.91.